The molecule has 0 atom stereocenters. The van der Waals surface area contributed by atoms with E-state index in [2.05, 4.69) is 5.32 Å². The molecule has 148 valence electrons. The van der Waals surface area contributed by atoms with E-state index in [0.29, 0.717) is 42.3 Å². The number of carbonyl (C=O) groups excluding carboxylic acids is 2. The first-order chi connectivity index (χ1) is 13.6. The third-order valence-corrected chi connectivity index (χ3v) is 5.22. The summed E-state index contributed by atoms with van der Waals surface area (Å²) in [4.78, 5) is 28.0. The topological polar surface area (TPSA) is 77.1 Å². The van der Waals surface area contributed by atoms with E-state index in [1.54, 1.807) is 39.5 Å². The molecule has 2 amide bonds. The highest BCUT2D eigenvalue weighted by Gasteiger charge is 2.39. The van der Waals surface area contributed by atoms with Crippen LogP contribution in [0.25, 0.3) is 5.57 Å². The number of amides is 2. The van der Waals surface area contributed by atoms with Crippen LogP contribution >= 0.6 is 11.3 Å². The van der Waals surface area contributed by atoms with E-state index in [1.807, 2.05) is 17.5 Å². The zero-order valence-corrected chi connectivity index (χ0v) is 16.8. The smallest absolute Gasteiger partial charge is 0.278 e. The lowest BCUT2D eigenvalue weighted by Crippen LogP contribution is -2.33. The number of hydrogen-bond acceptors (Lipinski definition) is 7. The van der Waals surface area contributed by atoms with Crippen LogP contribution in [0.3, 0.4) is 0 Å². The zero-order valence-electron chi connectivity index (χ0n) is 16.0. The molecule has 2 aromatic rings. The van der Waals surface area contributed by atoms with Crippen LogP contribution in [-0.4, -0.2) is 51.2 Å². The van der Waals surface area contributed by atoms with Gasteiger partial charge in [-0.1, -0.05) is 6.07 Å². The second kappa shape index (κ2) is 8.90. The minimum atomic E-state index is -0.366. The molecule has 1 aromatic carbocycles. The Kier molecular flexibility index (Phi) is 6.33. The van der Waals surface area contributed by atoms with Crippen molar-refractivity contribution in [1.82, 2.24) is 4.90 Å². The highest BCUT2D eigenvalue weighted by Crippen LogP contribution is 2.36. The molecule has 0 spiro atoms. The Morgan fingerprint density at radius 2 is 1.89 bits per heavy atom. The Morgan fingerprint density at radius 3 is 2.54 bits per heavy atom. The summed E-state index contributed by atoms with van der Waals surface area (Å²) in [6.45, 7) is 0.763. The zero-order chi connectivity index (χ0) is 20.1. The monoisotopic (exact) mass is 402 g/mol. The van der Waals surface area contributed by atoms with Crippen LogP contribution in [0.1, 0.15) is 11.3 Å². The number of rotatable bonds is 9. The van der Waals surface area contributed by atoms with Gasteiger partial charge in [0.1, 0.15) is 17.2 Å². The highest BCUT2D eigenvalue weighted by atomic mass is 32.1. The lowest BCUT2D eigenvalue weighted by molar-refractivity contribution is -0.136. The fraction of sp³-hybridized carbons (Fsp3) is 0.300. The van der Waals surface area contributed by atoms with Gasteiger partial charge in [0.15, 0.2) is 0 Å². The number of ether oxygens (including phenoxy) is 3. The maximum absolute atomic E-state index is 13.1. The molecule has 3 rings (SSSR count). The van der Waals surface area contributed by atoms with Crippen LogP contribution < -0.4 is 14.8 Å². The second-order valence-electron chi connectivity index (χ2n) is 6.03. The number of imide groups is 1. The fourth-order valence-corrected chi connectivity index (χ4v) is 3.73. The molecule has 28 heavy (non-hydrogen) atoms. The summed E-state index contributed by atoms with van der Waals surface area (Å²) in [6, 6.07) is 8.90. The third-order valence-electron chi connectivity index (χ3n) is 4.33. The van der Waals surface area contributed by atoms with Gasteiger partial charge in [0, 0.05) is 31.2 Å². The molecule has 1 aromatic heterocycles. The predicted molar refractivity (Wildman–Crippen MR) is 108 cm³/mol. The molecule has 1 N–H and O–H groups in total. The number of carbonyl (C=O) groups is 2. The maximum atomic E-state index is 13.1. The molecule has 0 aliphatic carbocycles. The quantitative estimate of drug-likeness (QED) is 0.513. The average Bonchev–Trinajstić information content (AvgIpc) is 3.31. The second-order valence-corrected chi connectivity index (χ2v) is 6.97. The number of thiophene rings is 1. The molecule has 7 nitrogen and oxygen atoms in total. The van der Waals surface area contributed by atoms with Crippen molar-refractivity contribution < 1.29 is 23.8 Å². The van der Waals surface area contributed by atoms with Crippen molar-refractivity contribution in [2.45, 2.75) is 6.42 Å². The number of hydrogen-bond donors (Lipinski definition) is 1. The summed E-state index contributed by atoms with van der Waals surface area (Å²) < 4.78 is 15.7. The van der Waals surface area contributed by atoms with Gasteiger partial charge >= 0.3 is 0 Å². The standard InChI is InChI=1S/C20H22N2O5S/c1-25-10-5-9-22-19(23)17(16-6-4-11-28-16)18(20(22)24)21-14-12-13(26-2)7-8-15(14)27-3/h4,6-8,11-12,21H,5,9-10H2,1-3H3. The third kappa shape index (κ3) is 3.88. The Balaban J connectivity index is 2.00. The van der Waals surface area contributed by atoms with E-state index in [1.165, 1.54) is 16.2 Å². The molecule has 0 unspecified atom stereocenters. The molecule has 8 heteroatoms. The summed E-state index contributed by atoms with van der Waals surface area (Å²) in [5.74, 6) is 0.467. The van der Waals surface area contributed by atoms with Crippen LogP contribution in [-0.2, 0) is 14.3 Å². The Labute approximate surface area is 167 Å². The van der Waals surface area contributed by atoms with Gasteiger partial charge in [-0.05, 0) is 30.0 Å². The van der Waals surface area contributed by atoms with E-state index < -0.39 is 0 Å². The number of nitrogens with zero attached hydrogens (tertiary/aromatic N) is 1. The summed E-state index contributed by atoms with van der Waals surface area (Å²) in [6.07, 6.45) is 0.571. The van der Waals surface area contributed by atoms with Crippen molar-refractivity contribution in [1.29, 1.82) is 0 Å². The summed E-state index contributed by atoms with van der Waals surface area (Å²) >= 11 is 1.41. The van der Waals surface area contributed by atoms with E-state index in [9.17, 15) is 9.59 Å². The Hall–Kier alpha value is -2.84. The van der Waals surface area contributed by atoms with Gasteiger partial charge in [-0.15, -0.1) is 11.3 Å². The SMILES string of the molecule is COCCCN1C(=O)C(Nc2cc(OC)ccc2OC)=C(c2cccs2)C1=O. The van der Waals surface area contributed by atoms with E-state index >= 15 is 0 Å². The van der Waals surface area contributed by atoms with Gasteiger partial charge in [-0.2, -0.15) is 0 Å². The van der Waals surface area contributed by atoms with Crippen molar-refractivity contribution in [2.24, 2.45) is 0 Å². The van der Waals surface area contributed by atoms with Gasteiger partial charge < -0.3 is 19.5 Å². The molecule has 0 radical (unpaired) electrons. The number of nitrogens with one attached hydrogen (secondary N) is 1. The van der Waals surface area contributed by atoms with Crippen molar-refractivity contribution in [3.05, 3.63) is 46.3 Å². The first-order valence-electron chi connectivity index (χ1n) is 8.73. The molecule has 1 aliphatic rings. The van der Waals surface area contributed by atoms with Crippen molar-refractivity contribution in [3.8, 4) is 11.5 Å². The largest absolute Gasteiger partial charge is 0.497 e. The van der Waals surface area contributed by atoms with Gasteiger partial charge in [0.25, 0.3) is 11.8 Å². The Bertz CT molecular complexity index is 892. The maximum Gasteiger partial charge on any atom is 0.278 e. The summed E-state index contributed by atoms with van der Waals surface area (Å²) in [5.41, 5.74) is 1.14. The molecule has 2 heterocycles. The molecular formula is C20H22N2O5S. The van der Waals surface area contributed by atoms with Crippen LogP contribution in [0.4, 0.5) is 5.69 Å². The summed E-state index contributed by atoms with van der Waals surface area (Å²) in [5, 5.41) is 4.98. The Morgan fingerprint density at radius 1 is 1.07 bits per heavy atom. The molecule has 0 saturated carbocycles. The van der Waals surface area contributed by atoms with E-state index in [-0.39, 0.29) is 17.5 Å². The lowest BCUT2D eigenvalue weighted by atomic mass is 10.1. The van der Waals surface area contributed by atoms with Crippen LogP contribution in [0, 0.1) is 0 Å². The fourth-order valence-electron chi connectivity index (χ4n) is 2.96. The first-order valence-corrected chi connectivity index (χ1v) is 9.61. The van der Waals surface area contributed by atoms with Gasteiger partial charge in [0.05, 0.1) is 25.5 Å². The number of methoxy groups -OCH3 is 3. The van der Waals surface area contributed by atoms with Crippen molar-refractivity contribution in [3.63, 3.8) is 0 Å². The molecule has 0 saturated heterocycles. The predicted octanol–water partition coefficient (Wildman–Crippen LogP) is 2.99. The van der Waals surface area contributed by atoms with Crippen LogP contribution in [0.15, 0.2) is 41.4 Å². The van der Waals surface area contributed by atoms with E-state index in [4.69, 9.17) is 14.2 Å². The van der Waals surface area contributed by atoms with Crippen molar-refractivity contribution in [2.75, 3.05) is 39.8 Å². The minimum absolute atomic E-state index is 0.233. The highest BCUT2D eigenvalue weighted by molar-refractivity contribution is 7.11. The molecular weight excluding hydrogens is 380 g/mol. The first kappa shape index (κ1) is 19.9. The van der Waals surface area contributed by atoms with Crippen LogP contribution in [0.2, 0.25) is 0 Å². The summed E-state index contributed by atoms with van der Waals surface area (Å²) in [7, 11) is 4.69. The average molecular weight is 402 g/mol. The van der Waals surface area contributed by atoms with Gasteiger partial charge in [0.2, 0.25) is 0 Å². The minimum Gasteiger partial charge on any atom is -0.497 e. The van der Waals surface area contributed by atoms with Crippen molar-refractivity contribution >= 4 is 34.4 Å². The van der Waals surface area contributed by atoms with Crippen LogP contribution in [0.5, 0.6) is 11.5 Å². The molecule has 0 bridgehead atoms. The lowest BCUT2D eigenvalue weighted by Gasteiger charge is -2.16. The number of anilines is 1. The normalized spacial score (nSPS) is 14.0. The molecule has 1 aliphatic heterocycles. The number of benzene rings is 1. The van der Waals surface area contributed by atoms with E-state index in [0.717, 1.165) is 4.88 Å². The molecule has 0 fully saturated rings. The van der Waals surface area contributed by atoms with Gasteiger partial charge in [-0.25, -0.2) is 0 Å². The van der Waals surface area contributed by atoms with Gasteiger partial charge in [-0.3, -0.25) is 14.5 Å².